The van der Waals surface area contributed by atoms with E-state index in [1.165, 1.54) is 31.8 Å². The van der Waals surface area contributed by atoms with Crippen molar-refractivity contribution in [1.82, 2.24) is 0 Å². The second-order valence-electron chi connectivity index (χ2n) is 10.4. The molecule has 8 heteroatoms. The second-order valence-corrected chi connectivity index (χ2v) is 10.4. The molecule has 4 atom stereocenters. The number of ether oxygens (including phenoxy) is 2. The Hall–Kier alpha value is -2.26. The summed E-state index contributed by atoms with van der Waals surface area (Å²) in [4.78, 5) is 24.0. The van der Waals surface area contributed by atoms with Crippen LogP contribution in [0.3, 0.4) is 0 Å². The third-order valence-corrected chi connectivity index (χ3v) is 6.49. The van der Waals surface area contributed by atoms with Crippen LogP contribution in [0.1, 0.15) is 110 Å². The fourth-order valence-electron chi connectivity index (χ4n) is 3.93. The Morgan fingerprint density at radius 2 is 1.22 bits per heavy atom. The Bertz CT molecular complexity index is 758. The van der Waals surface area contributed by atoms with Crippen molar-refractivity contribution in [3.8, 4) is 0 Å². The van der Waals surface area contributed by atoms with E-state index in [9.17, 15) is 30.0 Å². The van der Waals surface area contributed by atoms with Gasteiger partial charge in [0.2, 0.25) is 0 Å². The number of unbranched alkanes of at least 4 members (excludes halogenated alkanes) is 8. The Balaban J connectivity index is 4.09. The van der Waals surface area contributed by atoms with Crippen LogP contribution in [0, 0.1) is 0 Å². The molecule has 0 spiro atoms. The van der Waals surface area contributed by atoms with Gasteiger partial charge in [-0.05, 0) is 25.7 Å². The molecule has 0 aromatic rings. The van der Waals surface area contributed by atoms with Gasteiger partial charge in [-0.2, -0.15) is 0 Å². The highest BCUT2D eigenvalue weighted by molar-refractivity contribution is 5.70. The van der Waals surface area contributed by atoms with Crippen molar-refractivity contribution in [2.45, 2.75) is 135 Å². The van der Waals surface area contributed by atoms with Crippen LogP contribution in [0.15, 0.2) is 48.6 Å². The summed E-state index contributed by atoms with van der Waals surface area (Å²) >= 11 is 0. The number of hydrogen-bond donors (Lipinski definition) is 4. The van der Waals surface area contributed by atoms with E-state index in [4.69, 9.17) is 9.47 Å². The lowest BCUT2D eigenvalue weighted by molar-refractivity contribution is -0.161. The maximum Gasteiger partial charge on any atom is 0.306 e. The van der Waals surface area contributed by atoms with E-state index in [2.05, 4.69) is 13.8 Å². The topological polar surface area (TPSA) is 134 Å². The van der Waals surface area contributed by atoms with Crippen LogP contribution < -0.4 is 0 Å². The highest BCUT2D eigenvalue weighted by Crippen LogP contribution is 2.11. The summed E-state index contributed by atoms with van der Waals surface area (Å²) < 4.78 is 10.3. The number of aliphatic hydroxyl groups is 4. The Morgan fingerprint density at radius 1 is 0.659 bits per heavy atom. The Labute approximate surface area is 247 Å². The summed E-state index contributed by atoms with van der Waals surface area (Å²) in [5, 5.41) is 39.5. The molecule has 0 saturated heterocycles. The maximum absolute atomic E-state index is 12.1. The normalized spacial score (nSPS) is 15.2. The largest absolute Gasteiger partial charge is 0.462 e. The van der Waals surface area contributed by atoms with Crippen molar-refractivity contribution in [3.63, 3.8) is 0 Å². The van der Waals surface area contributed by atoms with Gasteiger partial charge < -0.3 is 29.9 Å². The number of carbonyl (C=O) groups is 2. The average molecular weight is 581 g/mol. The Kier molecular flexibility index (Phi) is 26.4. The van der Waals surface area contributed by atoms with Crippen molar-refractivity contribution in [3.05, 3.63) is 48.6 Å². The van der Waals surface area contributed by atoms with Gasteiger partial charge in [0.1, 0.15) is 6.61 Å². The maximum atomic E-state index is 12.1. The molecule has 236 valence electrons. The summed E-state index contributed by atoms with van der Waals surface area (Å²) in [5.74, 6) is -0.935. The van der Waals surface area contributed by atoms with Gasteiger partial charge in [0.15, 0.2) is 6.10 Å². The van der Waals surface area contributed by atoms with Crippen molar-refractivity contribution < 1.29 is 39.5 Å². The summed E-state index contributed by atoms with van der Waals surface area (Å²) in [6, 6.07) is 0. The van der Waals surface area contributed by atoms with Crippen LogP contribution in [0.25, 0.3) is 0 Å². The summed E-state index contributed by atoms with van der Waals surface area (Å²) in [6.07, 6.45) is 22.7. The van der Waals surface area contributed by atoms with Gasteiger partial charge in [0, 0.05) is 12.8 Å². The monoisotopic (exact) mass is 580 g/mol. The lowest BCUT2D eigenvalue weighted by atomic mass is 10.1. The summed E-state index contributed by atoms with van der Waals surface area (Å²) in [5.41, 5.74) is 0. The smallest absolute Gasteiger partial charge is 0.306 e. The molecule has 0 radical (unpaired) electrons. The van der Waals surface area contributed by atoms with E-state index in [0.717, 1.165) is 44.9 Å². The van der Waals surface area contributed by atoms with Gasteiger partial charge in [0.25, 0.3) is 0 Å². The SMILES string of the molecule is CCCCCCCCCC(=O)OC[C@H](CO)OC(=O)CCC[C@H](O)[C@@H](O)/C=C/C=C/C=C\C=C\[C@@H](O)CCCCC. The van der Waals surface area contributed by atoms with Crippen LogP contribution in [0.4, 0.5) is 0 Å². The lowest BCUT2D eigenvalue weighted by Crippen LogP contribution is -2.29. The molecule has 41 heavy (non-hydrogen) atoms. The van der Waals surface area contributed by atoms with Gasteiger partial charge in [-0.15, -0.1) is 0 Å². The number of hydrogen-bond acceptors (Lipinski definition) is 8. The number of esters is 2. The zero-order chi connectivity index (χ0) is 30.6. The number of carbonyl (C=O) groups excluding carboxylic acids is 2. The zero-order valence-electron chi connectivity index (χ0n) is 25.4. The van der Waals surface area contributed by atoms with Crippen molar-refractivity contribution >= 4 is 11.9 Å². The van der Waals surface area contributed by atoms with Crippen LogP contribution in [0.5, 0.6) is 0 Å². The van der Waals surface area contributed by atoms with E-state index in [0.29, 0.717) is 6.42 Å². The van der Waals surface area contributed by atoms with Crippen LogP contribution in [-0.2, 0) is 19.1 Å². The van der Waals surface area contributed by atoms with Crippen molar-refractivity contribution in [1.29, 1.82) is 0 Å². The van der Waals surface area contributed by atoms with Gasteiger partial charge in [0.05, 0.1) is 24.9 Å². The van der Waals surface area contributed by atoms with E-state index < -0.39 is 37.0 Å². The molecular weight excluding hydrogens is 524 g/mol. The molecule has 0 fully saturated rings. The lowest BCUT2D eigenvalue weighted by Gasteiger charge is -2.17. The molecule has 0 unspecified atom stereocenters. The predicted octanol–water partition coefficient (Wildman–Crippen LogP) is 5.63. The van der Waals surface area contributed by atoms with Crippen LogP contribution in [-0.4, -0.2) is 70.0 Å². The number of allylic oxidation sites excluding steroid dienone is 6. The molecule has 0 heterocycles. The Morgan fingerprint density at radius 3 is 1.88 bits per heavy atom. The quantitative estimate of drug-likeness (QED) is 0.0588. The highest BCUT2D eigenvalue weighted by Gasteiger charge is 2.18. The molecule has 0 aromatic carbocycles. The van der Waals surface area contributed by atoms with E-state index in [1.54, 1.807) is 42.5 Å². The zero-order valence-corrected chi connectivity index (χ0v) is 25.4. The molecule has 4 N–H and O–H groups in total. The molecule has 0 amide bonds. The molecule has 0 rings (SSSR count). The van der Waals surface area contributed by atoms with E-state index >= 15 is 0 Å². The van der Waals surface area contributed by atoms with Gasteiger partial charge in [-0.3, -0.25) is 9.59 Å². The summed E-state index contributed by atoms with van der Waals surface area (Å²) in [7, 11) is 0. The molecule has 0 aliphatic heterocycles. The fraction of sp³-hybridized carbons (Fsp3) is 0.697. The van der Waals surface area contributed by atoms with Gasteiger partial charge in [-0.25, -0.2) is 0 Å². The standard InChI is InChI=1S/C33H56O8/c1-3-5-7-8-9-14-18-24-32(38)40-27-29(26-34)41-33(39)25-19-23-31(37)30(36)22-17-13-11-10-12-16-21-28(35)20-15-6-4-2/h10-13,16-17,21-22,28-31,34-37H,3-9,14-15,18-20,23-27H2,1-2H3/b12-10-,13-11+,21-16+,22-17+/t28-,29-,30-,31-/m0/s1. The average Bonchev–Trinajstić information content (AvgIpc) is 2.95. The molecule has 0 saturated carbocycles. The van der Waals surface area contributed by atoms with Crippen molar-refractivity contribution in [2.75, 3.05) is 13.2 Å². The van der Waals surface area contributed by atoms with Gasteiger partial charge in [-0.1, -0.05) is 120 Å². The summed E-state index contributed by atoms with van der Waals surface area (Å²) in [6.45, 7) is 3.65. The first-order chi connectivity index (χ1) is 19.8. The minimum absolute atomic E-state index is 0.00148. The molecule has 0 aromatic heterocycles. The first kappa shape index (κ1) is 38.7. The van der Waals surface area contributed by atoms with E-state index in [1.807, 2.05) is 0 Å². The molecule has 0 aliphatic carbocycles. The first-order valence-electron chi connectivity index (χ1n) is 15.5. The van der Waals surface area contributed by atoms with Gasteiger partial charge >= 0.3 is 11.9 Å². The third kappa shape index (κ3) is 25.2. The molecule has 0 aliphatic rings. The number of aliphatic hydroxyl groups excluding tert-OH is 4. The van der Waals surface area contributed by atoms with Crippen molar-refractivity contribution in [2.24, 2.45) is 0 Å². The molecule has 0 bridgehead atoms. The minimum Gasteiger partial charge on any atom is -0.462 e. The van der Waals surface area contributed by atoms with Crippen LogP contribution in [0.2, 0.25) is 0 Å². The molecule has 8 nitrogen and oxygen atoms in total. The highest BCUT2D eigenvalue weighted by atomic mass is 16.6. The second kappa shape index (κ2) is 27.9. The first-order valence-corrected chi connectivity index (χ1v) is 15.5. The number of rotatable bonds is 26. The van der Waals surface area contributed by atoms with E-state index in [-0.39, 0.29) is 31.8 Å². The predicted molar refractivity (Wildman–Crippen MR) is 163 cm³/mol. The minimum atomic E-state index is -1.08. The third-order valence-electron chi connectivity index (χ3n) is 6.49. The molecular formula is C33H56O8. The fourth-order valence-corrected chi connectivity index (χ4v) is 3.93. The van der Waals surface area contributed by atoms with Crippen LogP contribution >= 0.6 is 0 Å².